The largest absolute Gasteiger partial charge is 0.496 e. The first-order valence-corrected chi connectivity index (χ1v) is 15.9. The van der Waals surface area contributed by atoms with Crippen LogP contribution in [0, 0.1) is 5.82 Å². The number of anilines is 2. The molecule has 0 spiro atoms. The van der Waals surface area contributed by atoms with Gasteiger partial charge in [-0.2, -0.15) is 0 Å². The number of aliphatic carboxylic acids is 1. The number of rotatable bonds is 15. The van der Waals surface area contributed by atoms with Crippen LogP contribution in [-0.2, 0) is 22.7 Å². The molecule has 0 saturated carbocycles. The average Bonchev–Trinajstić information content (AvgIpc) is 3.48. The Morgan fingerprint density at radius 3 is 2.60 bits per heavy atom. The van der Waals surface area contributed by atoms with Crippen LogP contribution >= 0.6 is 23.2 Å². The number of carboxylic acid groups (broad SMARTS) is 1. The van der Waals surface area contributed by atoms with Gasteiger partial charge >= 0.3 is 5.97 Å². The van der Waals surface area contributed by atoms with Gasteiger partial charge in [0.05, 0.1) is 28.5 Å². The Labute approximate surface area is 282 Å². The number of methoxy groups -OCH3 is 1. The van der Waals surface area contributed by atoms with E-state index >= 15 is 4.39 Å². The lowest BCUT2D eigenvalue weighted by atomic mass is 10.0. The van der Waals surface area contributed by atoms with Crippen molar-refractivity contribution in [2.75, 3.05) is 25.5 Å². The minimum absolute atomic E-state index is 0.00469. The van der Waals surface area contributed by atoms with E-state index in [0.29, 0.717) is 76.3 Å². The second kappa shape index (κ2) is 16.0. The second-order valence-electron chi connectivity index (χ2n) is 11.1. The molecule has 0 aliphatic carbocycles. The zero-order valence-corrected chi connectivity index (χ0v) is 27.2. The summed E-state index contributed by atoms with van der Waals surface area (Å²) in [6.45, 7) is 1.89. The second-order valence-corrected chi connectivity index (χ2v) is 11.8. The number of hydrogen-bond donors (Lipinski definition) is 5. The molecule has 5 N–H and O–H groups in total. The molecule has 4 aromatic rings. The summed E-state index contributed by atoms with van der Waals surface area (Å²) < 4.78 is 21.0. The number of hydrogen-bond acceptors (Lipinski definition) is 8. The van der Waals surface area contributed by atoms with E-state index in [4.69, 9.17) is 33.0 Å². The van der Waals surface area contributed by atoms with Crippen LogP contribution in [0.25, 0.3) is 22.4 Å². The molecule has 0 bridgehead atoms. The third-order valence-electron chi connectivity index (χ3n) is 7.81. The maximum absolute atomic E-state index is 15.3. The molecule has 47 heavy (non-hydrogen) atoms. The van der Waals surface area contributed by atoms with Gasteiger partial charge in [-0.1, -0.05) is 47.5 Å². The van der Waals surface area contributed by atoms with E-state index in [1.807, 2.05) is 24.3 Å². The summed E-state index contributed by atoms with van der Waals surface area (Å²) in [6.07, 6.45) is 5.01. The number of carboxylic acids is 1. The molecule has 0 radical (unpaired) electrons. The van der Waals surface area contributed by atoms with E-state index < -0.39 is 11.8 Å². The van der Waals surface area contributed by atoms with E-state index in [-0.39, 0.29) is 30.7 Å². The summed E-state index contributed by atoms with van der Waals surface area (Å²) in [7, 11) is 1.61. The van der Waals surface area contributed by atoms with E-state index in [1.54, 1.807) is 37.6 Å². The number of nitrogens with zero attached hydrogens (tertiary/aromatic N) is 2. The molecular weight excluding hydrogens is 646 g/mol. The van der Waals surface area contributed by atoms with Crippen LogP contribution in [-0.4, -0.2) is 53.2 Å². The third kappa shape index (κ3) is 8.55. The molecule has 246 valence electrons. The smallest absolute Gasteiger partial charge is 0.303 e. The fourth-order valence-electron chi connectivity index (χ4n) is 5.36. The maximum atomic E-state index is 15.3. The highest BCUT2D eigenvalue weighted by molar-refractivity contribution is 6.39. The summed E-state index contributed by atoms with van der Waals surface area (Å²) >= 11 is 13.8. The highest BCUT2D eigenvalue weighted by Gasteiger charge is 2.21. The van der Waals surface area contributed by atoms with Gasteiger partial charge in [0.15, 0.2) is 11.6 Å². The lowest BCUT2D eigenvalue weighted by Crippen LogP contribution is -2.35. The van der Waals surface area contributed by atoms with Crippen LogP contribution in [0.3, 0.4) is 0 Å². The van der Waals surface area contributed by atoms with Crippen LogP contribution in [0.1, 0.15) is 36.8 Å². The van der Waals surface area contributed by atoms with Crippen LogP contribution in [0.4, 0.5) is 15.9 Å². The minimum Gasteiger partial charge on any atom is -0.496 e. The van der Waals surface area contributed by atoms with E-state index in [2.05, 4.69) is 31.2 Å². The number of benzene rings is 2. The van der Waals surface area contributed by atoms with Crippen molar-refractivity contribution in [1.82, 2.24) is 25.9 Å². The van der Waals surface area contributed by atoms with E-state index in [1.165, 1.54) is 6.20 Å². The number of carbonyl (C=O) groups is 2. The quantitative estimate of drug-likeness (QED) is 0.0912. The van der Waals surface area contributed by atoms with Gasteiger partial charge in [-0.15, -0.1) is 0 Å². The molecule has 3 heterocycles. The normalized spacial score (nSPS) is 14.2. The Balaban J connectivity index is 1.32. The monoisotopic (exact) mass is 680 g/mol. The number of aromatic nitrogens is 2. The number of halogens is 3. The fourth-order valence-corrected chi connectivity index (χ4v) is 5.96. The lowest BCUT2D eigenvalue weighted by molar-refractivity contribution is -0.137. The topological polar surface area (TPSA) is 138 Å². The number of ether oxygens (including phenoxy) is 1. The molecule has 2 aromatic carbocycles. The van der Waals surface area contributed by atoms with Crippen molar-refractivity contribution < 1.29 is 23.8 Å². The predicted octanol–water partition coefficient (Wildman–Crippen LogP) is 6.33. The predicted molar refractivity (Wildman–Crippen MR) is 181 cm³/mol. The van der Waals surface area contributed by atoms with Crippen molar-refractivity contribution in [1.29, 1.82) is 0 Å². The van der Waals surface area contributed by atoms with Crippen LogP contribution in [0.2, 0.25) is 10.0 Å². The summed E-state index contributed by atoms with van der Waals surface area (Å²) in [5, 5.41) is 21.9. The Bertz CT molecular complexity index is 1760. The molecule has 1 aliphatic rings. The maximum Gasteiger partial charge on any atom is 0.303 e. The van der Waals surface area contributed by atoms with E-state index in [9.17, 15) is 9.59 Å². The molecule has 2 aromatic heterocycles. The van der Waals surface area contributed by atoms with Crippen LogP contribution < -0.4 is 26.0 Å². The minimum atomic E-state index is -0.872. The van der Waals surface area contributed by atoms with Gasteiger partial charge in [-0.05, 0) is 43.7 Å². The zero-order valence-electron chi connectivity index (χ0n) is 25.7. The van der Waals surface area contributed by atoms with Crippen LogP contribution in [0.15, 0.2) is 60.9 Å². The van der Waals surface area contributed by atoms with Crippen molar-refractivity contribution in [3.05, 3.63) is 87.9 Å². The highest BCUT2D eigenvalue weighted by atomic mass is 35.5. The van der Waals surface area contributed by atoms with Gasteiger partial charge in [0.2, 0.25) is 5.91 Å². The SMILES string of the molecule is COc1cc(-c2nccc(-c3cccc(Nc4nccc(CNCCCC(=O)O)c4F)c3Cl)c2Cl)ccc1CNC[C@H]1CCC(=O)N1. The third-order valence-corrected chi connectivity index (χ3v) is 8.60. The molecule has 13 heteroatoms. The van der Waals surface area contributed by atoms with Gasteiger partial charge in [0, 0.05) is 78.7 Å². The lowest BCUT2D eigenvalue weighted by Gasteiger charge is -2.16. The summed E-state index contributed by atoms with van der Waals surface area (Å²) in [4.78, 5) is 30.9. The van der Waals surface area contributed by atoms with Gasteiger partial charge in [0.1, 0.15) is 5.75 Å². The molecule has 1 saturated heterocycles. The Morgan fingerprint density at radius 1 is 1.04 bits per heavy atom. The van der Waals surface area contributed by atoms with Crippen molar-refractivity contribution in [2.45, 2.75) is 44.8 Å². The molecule has 1 atom stereocenters. The first-order valence-electron chi connectivity index (χ1n) is 15.2. The van der Waals surface area contributed by atoms with Gasteiger partial charge in [-0.25, -0.2) is 9.37 Å². The summed E-state index contributed by atoms with van der Waals surface area (Å²) in [5.74, 6) is -0.649. The Kier molecular flexibility index (Phi) is 11.6. The molecule has 0 unspecified atom stereocenters. The first-order chi connectivity index (χ1) is 22.7. The van der Waals surface area contributed by atoms with Crippen molar-refractivity contribution in [3.63, 3.8) is 0 Å². The number of nitrogens with one attached hydrogen (secondary N) is 4. The van der Waals surface area contributed by atoms with Crippen LogP contribution in [0.5, 0.6) is 5.75 Å². The van der Waals surface area contributed by atoms with Crippen molar-refractivity contribution >= 4 is 46.6 Å². The average molecular weight is 682 g/mol. The molecule has 1 fully saturated rings. The van der Waals surface area contributed by atoms with E-state index in [0.717, 1.165) is 17.5 Å². The molecule has 1 amide bonds. The number of pyridine rings is 2. The zero-order chi connectivity index (χ0) is 33.3. The van der Waals surface area contributed by atoms with Crippen molar-refractivity contribution in [3.8, 4) is 28.1 Å². The fraction of sp³-hybridized carbons (Fsp3) is 0.294. The first kappa shape index (κ1) is 34.1. The molecule has 5 rings (SSSR count). The summed E-state index contributed by atoms with van der Waals surface area (Å²) in [6, 6.07) is 14.6. The van der Waals surface area contributed by atoms with Crippen molar-refractivity contribution in [2.24, 2.45) is 0 Å². The Morgan fingerprint density at radius 2 is 1.83 bits per heavy atom. The molecular formula is C34H35Cl2FN6O4. The standard InChI is InChI=1S/C34H35Cl2FN6O4/c1-47-27-16-20(7-8-21(27)17-39-19-23-9-10-28(44)42-23)33-31(36)25(12-15-40-33)24-4-2-5-26(30(24)35)43-34-32(37)22(11-14-41-34)18-38-13-3-6-29(45)46/h2,4-5,7-8,11-12,14-16,23,38-39H,3,6,9-10,13,17-19H2,1H3,(H,41,43)(H,42,44)(H,45,46)/t23-/m1/s1. The molecule has 1 aliphatic heterocycles. The van der Waals surface area contributed by atoms with Gasteiger partial charge in [0.25, 0.3) is 0 Å². The number of amides is 1. The van der Waals surface area contributed by atoms with Gasteiger partial charge in [-0.3, -0.25) is 14.6 Å². The highest BCUT2D eigenvalue weighted by Crippen LogP contribution is 2.41. The number of carbonyl (C=O) groups excluding carboxylic acids is 1. The molecule has 10 nitrogen and oxygen atoms in total. The van der Waals surface area contributed by atoms with Gasteiger partial charge < -0.3 is 31.1 Å². The Hall–Kier alpha value is -4.29. The summed E-state index contributed by atoms with van der Waals surface area (Å²) in [5.41, 5.74) is 4.33.